The van der Waals surface area contributed by atoms with Gasteiger partial charge in [0.1, 0.15) is 0 Å². The van der Waals surface area contributed by atoms with Crippen LogP contribution < -0.4 is 0 Å². The van der Waals surface area contributed by atoms with Crippen molar-refractivity contribution >= 4 is 22.7 Å². The first-order valence-electron chi connectivity index (χ1n) is 1.66. The Bertz CT molecular complexity index is 127. The lowest BCUT2D eigenvalue weighted by atomic mass is 10.8. The van der Waals surface area contributed by atoms with Gasteiger partial charge in [-0.3, -0.25) is 0 Å². The molecule has 0 aromatic rings. The molecule has 0 aliphatic heterocycles. The standard InChI is InChI=1S/C2H2ClF3O2S/c3-2(6,1(4)5)9(7)8/h1H,(H,7,8). The molecule has 2 atom stereocenters. The molecule has 1 N–H and O–H groups in total. The third kappa shape index (κ3) is 2.11. The lowest BCUT2D eigenvalue weighted by Crippen LogP contribution is -2.29. The van der Waals surface area contributed by atoms with Crippen LogP contribution in [0.2, 0.25) is 0 Å². The fourth-order valence-corrected chi connectivity index (χ4v) is 0.229. The lowest BCUT2D eigenvalue weighted by Gasteiger charge is -2.10. The molecule has 0 rings (SSSR count). The Hall–Kier alpha value is 0.190. The number of hydrogen-bond donors (Lipinski definition) is 1. The molecule has 2 unspecified atom stereocenters. The van der Waals surface area contributed by atoms with Crippen LogP contribution in [0.3, 0.4) is 0 Å². The van der Waals surface area contributed by atoms with Gasteiger partial charge in [0.05, 0.1) is 0 Å². The van der Waals surface area contributed by atoms with Gasteiger partial charge < -0.3 is 4.55 Å². The highest BCUT2D eigenvalue weighted by Crippen LogP contribution is 2.28. The van der Waals surface area contributed by atoms with Gasteiger partial charge in [-0.2, -0.15) is 0 Å². The molecule has 0 fully saturated rings. The summed E-state index contributed by atoms with van der Waals surface area (Å²) in [6.45, 7) is 0. The monoisotopic (exact) mass is 182 g/mol. The lowest BCUT2D eigenvalue weighted by molar-refractivity contribution is 0.0672. The molecule has 0 aromatic carbocycles. The maximum atomic E-state index is 11.8. The fraction of sp³-hybridized carbons (Fsp3) is 1.00. The van der Waals surface area contributed by atoms with Gasteiger partial charge >= 0.3 is 10.9 Å². The summed E-state index contributed by atoms with van der Waals surface area (Å²) < 4.78 is 47.7. The molecule has 0 radical (unpaired) electrons. The Balaban J connectivity index is 4.19. The summed E-state index contributed by atoms with van der Waals surface area (Å²) in [4.78, 5) is 0. The van der Waals surface area contributed by atoms with Crippen LogP contribution in [-0.2, 0) is 11.1 Å². The number of rotatable bonds is 2. The van der Waals surface area contributed by atoms with E-state index in [2.05, 4.69) is 11.6 Å². The Kier molecular flexibility index (Phi) is 2.91. The van der Waals surface area contributed by atoms with E-state index < -0.39 is 22.0 Å². The number of halogens is 4. The predicted octanol–water partition coefficient (Wildman–Crippen LogP) is 1.34. The van der Waals surface area contributed by atoms with Crippen LogP contribution in [0.4, 0.5) is 13.2 Å². The second-order valence-electron chi connectivity index (χ2n) is 1.11. The SMILES string of the molecule is O=S(O)C(F)(Cl)C(F)F. The van der Waals surface area contributed by atoms with Crippen molar-refractivity contribution in [2.45, 2.75) is 10.9 Å². The molecule has 0 aliphatic rings. The maximum absolute atomic E-state index is 11.8. The third-order valence-electron chi connectivity index (χ3n) is 0.487. The second-order valence-corrected chi connectivity index (χ2v) is 2.98. The minimum atomic E-state index is -3.83. The van der Waals surface area contributed by atoms with Gasteiger partial charge in [0.15, 0.2) is 0 Å². The highest BCUT2D eigenvalue weighted by Gasteiger charge is 2.44. The van der Waals surface area contributed by atoms with Crippen molar-refractivity contribution in [2.24, 2.45) is 0 Å². The van der Waals surface area contributed by atoms with Crippen LogP contribution in [0.25, 0.3) is 0 Å². The number of alkyl halides is 4. The zero-order valence-electron chi connectivity index (χ0n) is 3.85. The minimum Gasteiger partial charge on any atom is -0.302 e. The van der Waals surface area contributed by atoms with E-state index in [4.69, 9.17) is 4.55 Å². The first-order valence-corrected chi connectivity index (χ1v) is 3.14. The summed E-state index contributed by atoms with van der Waals surface area (Å²) >= 11 is 0.882. The zero-order valence-corrected chi connectivity index (χ0v) is 5.43. The van der Waals surface area contributed by atoms with E-state index in [-0.39, 0.29) is 0 Å². The van der Waals surface area contributed by atoms with E-state index in [1.807, 2.05) is 0 Å². The summed E-state index contributed by atoms with van der Waals surface area (Å²) in [6.07, 6.45) is -3.66. The van der Waals surface area contributed by atoms with Crippen molar-refractivity contribution in [3.05, 3.63) is 0 Å². The summed E-state index contributed by atoms with van der Waals surface area (Å²) in [6, 6.07) is 0. The molecule has 7 heteroatoms. The van der Waals surface area contributed by atoms with Crippen LogP contribution in [0, 0.1) is 0 Å². The van der Waals surface area contributed by atoms with Gasteiger partial charge in [0, 0.05) is 0 Å². The molecule has 0 aliphatic carbocycles. The van der Waals surface area contributed by atoms with Gasteiger partial charge in [0.2, 0.25) is 11.1 Å². The Morgan fingerprint density at radius 2 is 2.00 bits per heavy atom. The average Bonchev–Trinajstić information content (AvgIpc) is 1.65. The summed E-state index contributed by atoms with van der Waals surface area (Å²) in [5.74, 6) is 0. The first-order chi connectivity index (χ1) is 3.89. The van der Waals surface area contributed by atoms with Crippen LogP contribution in [0.1, 0.15) is 0 Å². The smallest absolute Gasteiger partial charge is 0.302 e. The summed E-state index contributed by atoms with van der Waals surface area (Å²) in [7, 11) is 0. The van der Waals surface area contributed by atoms with Crippen molar-refractivity contribution in [1.82, 2.24) is 0 Å². The molecule has 0 saturated carbocycles. The van der Waals surface area contributed by atoms with Crippen LogP contribution in [0.5, 0.6) is 0 Å². The maximum Gasteiger partial charge on any atom is 0.342 e. The quantitative estimate of drug-likeness (QED) is 0.517. The molecule has 0 heterocycles. The van der Waals surface area contributed by atoms with E-state index in [1.54, 1.807) is 0 Å². The van der Waals surface area contributed by atoms with Crippen LogP contribution >= 0.6 is 11.6 Å². The van der Waals surface area contributed by atoms with Gasteiger partial charge in [0.25, 0.3) is 0 Å². The topological polar surface area (TPSA) is 37.3 Å². The third-order valence-corrected chi connectivity index (χ3v) is 1.69. The number of hydrogen-bond acceptors (Lipinski definition) is 1. The Labute approximate surface area is 56.3 Å². The van der Waals surface area contributed by atoms with Crippen molar-refractivity contribution < 1.29 is 21.9 Å². The Morgan fingerprint density at radius 3 is 2.00 bits per heavy atom. The highest BCUT2D eigenvalue weighted by atomic mass is 35.5. The van der Waals surface area contributed by atoms with E-state index in [1.165, 1.54) is 0 Å². The minimum absolute atomic E-state index is 3.36. The van der Waals surface area contributed by atoms with Gasteiger partial charge in [-0.15, -0.1) is 0 Å². The molecule has 56 valence electrons. The Morgan fingerprint density at radius 1 is 1.67 bits per heavy atom. The summed E-state index contributed by atoms with van der Waals surface area (Å²) in [5.41, 5.74) is 0. The highest BCUT2D eigenvalue weighted by molar-refractivity contribution is 7.82. The van der Waals surface area contributed by atoms with Crippen molar-refractivity contribution in [3.63, 3.8) is 0 Å². The van der Waals surface area contributed by atoms with Crippen molar-refractivity contribution in [2.75, 3.05) is 0 Å². The molecule has 0 bridgehead atoms. The van der Waals surface area contributed by atoms with E-state index in [0.717, 1.165) is 0 Å². The normalized spacial score (nSPS) is 21.6. The molecule has 9 heavy (non-hydrogen) atoms. The van der Waals surface area contributed by atoms with Gasteiger partial charge in [-0.05, 0) is 0 Å². The van der Waals surface area contributed by atoms with Crippen molar-refractivity contribution in [1.29, 1.82) is 0 Å². The molecule has 0 saturated heterocycles. The molecular formula is C2H2ClF3O2S. The molecule has 0 amide bonds. The molecule has 2 nitrogen and oxygen atoms in total. The van der Waals surface area contributed by atoms with Crippen LogP contribution in [-0.4, -0.2) is 19.6 Å². The second kappa shape index (κ2) is 2.85. The van der Waals surface area contributed by atoms with Gasteiger partial charge in [-0.25, -0.2) is 17.4 Å². The van der Waals surface area contributed by atoms with E-state index in [0.29, 0.717) is 0 Å². The largest absolute Gasteiger partial charge is 0.342 e. The fourth-order valence-electron chi connectivity index (χ4n) is 0.0762. The average molecular weight is 183 g/mol. The van der Waals surface area contributed by atoms with E-state index in [9.17, 15) is 17.4 Å². The summed E-state index contributed by atoms with van der Waals surface area (Å²) in [5, 5.41) is 0. The predicted molar refractivity (Wildman–Crippen MR) is 26.5 cm³/mol. The molecular weight excluding hydrogens is 181 g/mol. The van der Waals surface area contributed by atoms with Crippen molar-refractivity contribution in [3.8, 4) is 0 Å². The molecule has 0 spiro atoms. The van der Waals surface area contributed by atoms with Gasteiger partial charge in [-0.1, -0.05) is 11.6 Å². The first kappa shape index (κ1) is 9.19. The molecule has 0 aromatic heterocycles. The van der Waals surface area contributed by atoms with Crippen LogP contribution in [0.15, 0.2) is 0 Å². The zero-order chi connectivity index (χ0) is 7.65. The van der Waals surface area contributed by atoms with E-state index >= 15 is 0 Å².